The van der Waals surface area contributed by atoms with Crippen LogP contribution in [-0.2, 0) is 11.2 Å². The van der Waals surface area contributed by atoms with Crippen LogP contribution in [0.25, 0.3) is 10.8 Å². The summed E-state index contributed by atoms with van der Waals surface area (Å²) in [6, 6.07) is 11.9. The van der Waals surface area contributed by atoms with E-state index in [1.165, 1.54) is 5.56 Å². The van der Waals surface area contributed by atoms with Crippen LogP contribution in [0.3, 0.4) is 0 Å². The summed E-state index contributed by atoms with van der Waals surface area (Å²) in [6.07, 6.45) is 2.59. The zero-order chi connectivity index (χ0) is 15.2. The van der Waals surface area contributed by atoms with Gasteiger partial charge in [-0.15, -0.1) is 0 Å². The third-order valence-electron chi connectivity index (χ3n) is 3.72. The molecule has 0 heterocycles. The predicted molar refractivity (Wildman–Crippen MR) is 83.8 cm³/mol. The minimum atomic E-state index is -0.805. The van der Waals surface area contributed by atoms with Gasteiger partial charge in [0, 0.05) is 18.4 Å². The van der Waals surface area contributed by atoms with Crippen LogP contribution in [0.2, 0.25) is 0 Å². The number of carbonyl (C=O) groups is 2. The lowest BCUT2D eigenvalue weighted by Gasteiger charge is -2.10. The van der Waals surface area contributed by atoms with Gasteiger partial charge in [0.05, 0.1) is 0 Å². The molecule has 110 valence electrons. The molecule has 0 saturated heterocycles. The summed E-state index contributed by atoms with van der Waals surface area (Å²) < 4.78 is 0. The van der Waals surface area contributed by atoms with E-state index >= 15 is 0 Å². The van der Waals surface area contributed by atoms with Crippen molar-refractivity contribution in [1.82, 2.24) is 0 Å². The van der Waals surface area contributed by atoms with Crippen molar-refractivity contribution in [1.29, 1.82) is 0 Å². The van der Waals surface area contributed by atoms with Gasteiger partial charge in [-0.2, -0.15) is 0 Å². The number of unbranched alkanes of at least 4 members (excludes halogenated alkanes) is 1. The summed E-state index contributed by atoms with van der Waals surface area (Å²) >= 11 is 0. The first-order valence-corrected chi connectivity index (χ1v) is 7.39. The topological polar surface area (TPSA) is 54.4 Å². The summed E-state index contributed by atoms with van der Waals surface area (Å²) in [7, 11) is 0. The monoisotopic (exact) mass is 284 g/mol. The molecule has 1 N–H and O–H groups in total. The van der Waals surface area contributed by atoms with E-state index in [2.05, 4.69) is 13.0 Å². The number of ketones is 1. The highest BCUT2D eigenvalue weighted by Gasteiger charge is 2.12. The van der Waals surface area contributed by atoms with Gasteiger partial charge in [0.15, 0.2) is 5.78 Å². The van der Waals surface area contributed by atoms with Crippen LogP contribution in [0.5, 0.6) is 0 Å². The molecule has 3 heteroatoms. The summed E-state index contributed by atoms with van der Waals surface area (Å²) in [5.41, 5.74) is 1.95. The zero-order valence-electron chi connectivity index (χ0n) is 12.3. The van der Waals surface area contributed by atoms with Crippen molar-refractivity contribution < 1.29 is 14.7 Å². The van der Waals surface area contributed by atoms with Gasteiger partial charge in [0.2, 0.25) is 0 Å². The van der Waals surface area contributed by atoms with Gasteiger partial charge in [-0.3, -0.25) is 9.59 Å². The minimum absolute atomic E-state index is 0.104. The van der Waals surface area contributed by atoms with Crippen molar-refractivity contribution in [3.63, 3.8) is 0 Å². The number of aliphatic carboxylic acids is 1. The van der Waals surface area contributed by atoms with E-state index in [1.54, 1.807) is 0 Å². The normalized spacial score (nSPS) is 10.7. The predicted octanol–water partition coefficient (Wildman–Crippen LogP) is 4.23. The Morgan fingerprint density at radius 1 is 1.00 bits per heavy atom. The van der Waals surface area contributed by atoms with Crippen LogP contribution in [-0.4, -0.2) is 16.9 Å². The fourth-order valence-corrected chi connectivity index (χ4v) is 2.64. The van der Waals surface area contributed by atoms with Gasteiger partial charge < -0.3 is 5.11 Å². The molecule has 0 aliphatic carbocycles. The Morgan fingerprint density at radius 3 is 2.33 bits per heavy atom. The fourth-order valence-electron chi connectivity index (χ4n) is 2.64. The zero-order valence-corrected chi connectivity index (χ0v) is 12.3. The number of fused-ring (bicyclic) bond motifs is 1. The largest absolute Gasteiger partial charge is 0.481 e. The highest BCUT2D eigenvalue weighted by molar-refractivity contribution is 6.09. The number of carboxylic acid groups (broad SMARTS) is 1. The van der Waals surface area contributed by atoms with Crippen molar-refractivity contribution in [2.75, 3.05) is 0 Å². The molecule has 3 nitrogen and oxygen atoms in total. The molecule has 0 fully saturated rings. The first-order valence-electron chi connectivity index (χ1n) is 7.39. The quantitative estimate of drug-likeness (QED) is 0.611. The third kappa shape index (κ3) is 3.69. The molecule has 0 unspecified atom stereocenters. The summed E-state index contributed by atoms with van der Waals surface area (Å²) in [5, 5.41) is 10.8. The van der Waals surface area contributed by atoms with E-state index in [0.717, 1.165) is 22.8 Å². The van der Waals surface area contributed by atoms with Gasteiger partial charge in [-0.25, -0.2) is 0 Å². The molecule has 2 aromatic carbocycles. The lowest BCUT2D eigenvalue weighted by atomic mass is 9.94. The van der Waals surface area contributed by atoms with Crippen molar-refractivity contribution in [2.24, 2.45) is 0 Å². The Labute approximate surface area is 124 Å². The average molecular weight is 284 g/mol. The lowest BCUT2D eigenvalue weighted by Crippen LogP contribution is -2.02. The molecule has 0 aliphatic rings. The van der Waals surface area contributed by atoms with E-state index in [4.69, 9.17) is 5.11 Å². The number of benzene rings is 2. The maximum atomic E-state index is 12.4. The van der Waals surface area contributed by atoms with Gasteiger partial charge in [0.1, 0.15) is 0 Å². The van der Waals surface area contributed by atoms with Gasteiger partial charge >= 0.3 is 5.97 Å². The molecule has 2 rings (SSSR count). The SMILES string of the molecule is CCc1cccc2cccc(C(=O)CCCCC(=O)O)c12. The molecule has 0 aliphatic heterocycles. The molecule has 21 heavy (non-hydrogen) atoms. The van der Waals surface area contributed by atoms with Crippen LogP contribution in [0, 0.1) is 0 Å². The average Bonchev–Trinajstić information content (AvgIpc) is 2.49. The highest BCUT2D eigenvalue weighted by Crippen LogP contribution is 2.25. The van der Waals surface area contributed by atoms with E-state index < -0.39 is 5.97 Å². The molecule has 0 atom stereocenters. The molecule has 2 aromatic rings. The van der Waals surface area contributed by atoms with Crippen molar-refractivity contribution in [3.8, 4) is 0 Å². The molecule has 0 amide bonds. The number of aryl methyl sites for hydroxylation is 1. The van der Waals surface area contributed by atoms with Crippen molar-refractivity contribution >= 4 is 22.5 Å². The fraction of sp³-hybridized carbons (Fsp3) is 0.333. The molecule has 0 radical (unpaired) electrons. The second-order valence-corrected chi connectivity index (χ2v) is 5.20. The number of carbonyl (C=O) groups excluding carboxylic acids is 1. The third-order valence-corrected chi connectivity index (χ3v) is 3.72. The summed E-state index contributed by atoms with van der Waals surface area (Å²) in [4.78, 5) is 22.9. The molecular weight excluding hydrogens is 264 g/mol. The number of rotatable bonds is 7. The van der Waals surface area contributed by atoms with E-state index in [0.29, 0.717) is 19.3 Å². The number of Topliss-reactive ketones (excluding diaryl/α,β-unsaturated/α-hetero) is 1. The smallest absolute Gasteiger partial charge is 0.303 e. The molecule has 0 saturated carbocycles. The lowest BCUT2D eigenvalue weighted by molar-refractivity contribution is -0.137. The van der Waals surface area contributed by atoms with Crippen LogP contribution < -0.4 is 0 Å². The highest BCUT2D eigenvalue weighted by atomic mass is 16.4. The van der Waals surface area contributed by atoms with E-state index in [1.807, 2.05) is 30.3 Å². The second-order valence-electron chi connectivity index (χ2n) is 5.20. The summed E-state index contributed by atoms with van der Waals surface area (Å²) in [6.45, 7) is 2.09. The molecular formula is C18H20O3. The van der Waals surface area contributed by atoms with Crippen LogP contribution in [0.1, 0.15) is 48.5 Å². The first-order chi connectivity index (χ1) is 10.1. The maximum Gasteiger partial charge on any atom is 0.303 e. The van der Waals surface area contributed by atoms with Crippen molar-refractivity contribution in [3.05, 3.63) is 47.5 Å². The van der Waals surface area contributed by atoms with E-state index in [9.17, 15) is 9.59 Å². The Kier molecular flexibility index (Phi) is 5.09. The molecule has 0 aromatic heterocycles. The number of hydrogen-bond acceptors (Lipinski definition) is 2. The van der Waals surface area contributed by atoms with Gasteiger partial charge in [0.25, 0.3) is 0 Å². The minimum Gasteiger partial charge on any atom is -0.481 e. The Morgan fingerprint density at radius 2 is 1.67 bits per heavy atom. The van der Waals surface area contributed by atoms with Gasteiger partial charge in [-0.1, -0.05) is 43.3 Å². The first kappa shape index (κ1) is 15.2. The second kappa shape index (κ2) is 7.02. The number of hydrogen-bond donors (Lipinski definition) is 1. The molecule has 0 bridgehead atoms. The molecule has 0 spiro atoms. The Bertz CT molecular complexity index is 653. The standard InChI is InChI=1S/C18H20O3/c1-2-13-7-5-8-14-9-6-10-15(18(13)14)16(19)11-3-4-12-17(20)21/h5-10H,2-4,11-12H2,1H3,(H,20,21). The Hall–Kier alpha value is -2.16. The van der Waals surface area contributed by atoms with Crippen LogP contribution >= 0.6 is 0 Å². The van der Waals surface area contributed by atoms with Crippen LogP contribution in [0.4, 0.5) is 0 Å². The van der Waals surface area contributed by atoms with Gasteiger partial charge in [-0.05, 0) is 35.6 Å². The van der Waals surface area contributed by atoms with Crippen LogP contribution in [0.15, 0.2) is 36.4 Å². The van der Waals surface area contributed by atoms with E-state index in [-0.39, 0.29) is 12.2 Å². The van der Waals surface area contributed by atoms with Crippen molar-refractivity contribution in [2.45, 2.75) is 39.0 Å². The summed E-state index contributed by atoms with van der Waals surface area (Å²) in [5.74, 6) is -0.701. The number of carboxylic acids is 1. The maximum absolute atomic E-state index is 12.4. The Balaban J connectivity index is 2.21.